The van der Waals surface area contributed by atoms with Crippen molar-refractivity contribution in [3.63, 3.8) is 0 Å². The lowest BCUT2D eigenvalue weighted by molar-refractivity contribution is -0.143. The average Bonchev–Trinajstić information content (AvgIpc) is 3.43. The van der Waals surface area contributed by atoms with Crippen LogP contribution in [0.15, 0.2) is 30.2 Å². The normalized spacial score (nSPS) is 29.5. The summed E-state index contributed by atoms with van der Waals surface area (Å²) in [5.74, 6) is -0.342. The van der Waals surface area contributed by atoms with E-state index in [9.17, 15) is 14.7 Å². The van der Waals surface area contributed by atoms with Crippen LogP contribution in [0.1, 0.15) is 59.8 Å². The van der Waals surface area contributed by atoms with Gasteiger partial charge in [-0.05, 0) is 48.0 Å². The summed E-state index contributed by atoms with van der Waals surface area (Å²) in [5.41, 5.74) is 0.922. The number of fused-ring (bicyclic) bond motifs is 2. The Hall–Kier alpha value is -2.03. The molecule has 33 heavy (non-hydrogen) atoms. The van der Waals surface area contributed by atoms with Crippen molar-refractivity contribution in [3.8, 4) is 0 Å². The van der Waals surface area contributed by atoms with Crippen molar-refractivity contribution in [2.24, 2.45) is 23.2 Å². The van der Waals surface area contributed by atoms with Gasteiger partial charge in [0, 0.05) is 30.3 Å². The van der Waals surface area contributed by atoms with E-state index < -0.39 is 6.10 Å². The molecule has 2 aliphatic rings. The molecule has 0 spiro atoms. The number of aliphatic hydroxyl groups excluding tert-OH is 1. The maximum atomic E-state index is 12.9. The van der Waals surface area contributed by atoms with Gasteiger partial charge in [-0.1, -0.05) is 32.9 Å². The van der Waals surface area contributed by atoms with Gasteiger partial charge in [0.25, 0.3) is 5.91 Å². The highest BCUT2D eigenvalue weighted by Crippen LogP contribution is 2.57. The number of carbonyl (C=O) groups is 2. The van der Waals surface area contributed by atoms with Crippen molar-refractivity contribution in [1.29, 1.82) is 0 Å². The summed E-state index contributed by atoms with van der Waals surface area (Å²) in [5, 5.41) is 17.0. The summed E-state index contributed by atoms with van der Waals surface area (Å²) in [6, 6.07) is 3.66. The summed E-state index contributed by atoms with van der Waals surface area (Å²) in [6.45, 7) is 10.6. The van der Waals surface area contributed by atoms with Gasteiger partial charge in [-0.25, -0.2) is 4.98 Å². The Kier molecular flexibility index (Phi) is 6.80. The monoisotopic (exact) mass is 487 g/mol. The molecule has 2 heterocycles. The zero-order chi connectivity index (χ0) is 23.9. The number of aliphatic hydroxyl groups is 1. The Balaban J connectivity index is 1.55. The quantitative estimate of drug-likeness (QED) is 0.574. The molecule has 1 saturated carbocycles. The van der Waals surface area contributed by atoms with E-state index >= 15 is 0 Å². The lowest BCUT2D eigenvalue weighted by Gasteiger charge is -2.53. The first-order valence-corrected chi connectivity index (χ1v) is 13.2. The third kappa shape index (κ3) is 4.40. The number of thiophene rings is 1. The number of amides is 2. The van der Waals surface area contributed by atoms with Crippen molar-refractivity contribution >= 4 is 39.6 Å². The van der Waals surface area contributed by atoms with Gasteiger partial charge < -0.3 is 10.0 Å². The number of anilines is 1. The molecule has 2 aromatic rings. The molecule has 6 atom stereocenters. The number of nitrogens with one attached hydrogen (secondary N) is 1. The molecule has 0 aliphatic heterocycles. The molecular formula is C25H33N3O3S2. The second-order valence-electron chi connectivity index (χ2n) is 9.89. The number of carbonyl (C=O) groups excluding carboxylic acids is 2. The number of aromatic nitrogens is 1. The molecular weight excluding hydrogens is 454 g/mol. The molecule has 0 radical (unpaired) electrons. The van der Waals surface area contributed by atoms with Gasteiger partial charge in [-0.3, -0.25) is 14.9 Å². The van der Waals surface area contributed by atoms with Crippen LogP contribution >= 0.6 is 22.7 Å². The largest absolute Gasteiger partial charge is 0.392 e. The van der Waals surface area contributed by atoms with Gasteiger partial charge in [-0.15, -0.1) is 29.3 Å². The van der Waals surface area contributed by atoms with Gasteiger partial charge in [-0.2, -0.15) is 0 Å². The number of hydrogen-bond acceptors (Lipinski definition) is 6. The van der Waals surface area contributed by atoms with Crippen molar-refractivity contribution in [1.82, 2.24) is 9.88 Å². The molecule has 178 valence electrons. The summed E-state index contributed by atoms with van der Waals surface area (Å²) in [6.07, 6.45) is 3.77. The molecule has 0 unspecified atom stereocenters. The molecule has 1 fully saturated rings. The van der Waals surface area contributed by atoms with E-state index in [0.29, 0.717) is 16.6 Å². The number of rotatable bonds is 6. The maximum Gasteiger partial charge on any atom is 0.267 e. The van der Waals surface area contributed by atoms with E-state index in [-0.39, 0.29) is 40.9 Å². The van der Waals surface area contributed by atoms with Crippen LogP contribution in [0, 0.1) is 23.2 Å². The molecule has 0 saturated heterocycles. The van der Waals surface area contributed by atoms with E-state index in [1.54, 1.807) is 35.4 Å². The molecule has 0 aromatic carbocycles. The van der Waals surface area contributed by atoms with Gasteiger partial charge in [0.15, 0.2) is 5.13 Å². The maximum absolute atomic E-state index is 12.9. The van der Waals surface area contributed by atoms with E-state index in [4.69, 9.17) is 4.98 Å². The first-order chi connectivity index (χ1) is 15.7. The molecule has 4 rings (SSSR count). The Morgan fingerprint density at radius 2 is 2.24 bits per heavy atom. The SMILES string of the molecule is C=CCN(C)C(=O)[C@@H](C)[C@@H]1CC[C@]2(C)Cc3sc(NC(=O)c4cccs4)nc3[C@H](C)[C@@H]2[C@H]1O. The zero-order valence-corrected chi connectivity index (χ0v) is 21.3. The first kappa shape index (κ1) is 24.1. The van der Waals surface area contributed by atoms with Crippen LogP contribution in [0.25, 0.3) is 0 Å². The highest BCUT2D eigenvalue weighted by Gasteiger charge is 2.54. The second-order valence-corrected chi connectivity index (χ2v) is 11.9. The minimum Gasteiger partial charge on any atom is -0.392 e. The van der Waals surface area contributed by atoms with Crippen molar-refractivity contribution < 1.29 is 14.7 Å². The smallest absolute Gasteiger partial charge is 0.267 e. The fourth-order valence-corrected chi connectivity index (χ4v) is 7.86. The molecule has 8 heteroatoms. The molecule has 2 N–H and O–H groups in total. The van der Waals surface area contributed by atoms with Crippen LogP contribution in [0.5, 0.6) is 0 Å². The number of thiazole rings is 1. The highest BCUT2D eigenvalue weighted by molar-refractivity contribution is 7.16. The topological polar surface area (TPSA) is 82.5 Å². The lowest BCUT2D eigenvalue weighted by Crippen LogP contribution is -2.53. The Bertz CT molecular complexity index is 1030. The van der Waals surface area contributed by atoms with Crippen LogP contribution in [0.3, 0.4) is 0 Å². The highest BCUT2D eigenvalue weighted by atomic mass is 32.1. The molecule has 2 amide bonds. The van der Waals surface area contributed by atoms with E-state index in [1.165, 1.54) is 16.2 Å². The molecule has 2 aliphatic carbocycles. The lowest BCUT2D eigenvalue weighted by atomic mass is 9.53. The van der Waals surface area contributed by atoms with Gasteiger partial charge in [0.1, 0.15) is 0 Å². The standard InChI is InChI=1S/C25H33N3O3S2/c1-6-11-28(5)23(31)14(2)16-9-10-25(4)13-18-20(15(3)19(25)21(16)29)26-24(33-18)27-22(30)17-8-7-12-32-17/h6-8,12,14-16,19,21,29H,1,9-11,13H2,2-5H3,(H,26,27,30)/t14-,15+,16-,19+,21-,25+/m0/s1. The number of likely N-dealkylation sites (N-methyl/N-ethyl adjacent to an activating group) is 1. The summed E-state index contributed by atoms with van der Waals surface area (Å²) in [7, 11) is 1.79. The third-order valence-corrected chi connectivity index (χ3v) is 9.55. The summed E-state index contributed by atoms with van der Waals surface area (Å²) < 4.78 is 0. The number of nitrogens with zero attached hydrogens (tertiary/aromatic N) is 2. The molecule has 0 bridgehead atoms. The van der Waals surface area contributed by atoms with Crippen LogP contribution in [0.4, 0.5) is 5.13 Å². The predicted octanol–water partition coefficient (Wildman–Crippen LogP) is 4.79. The van der Waals surface area contributed by atoms with Crippen LogP contribution in [-0.4, -0.2) is 46.5 Å². The van der Waals surface area contributed by atoms with Gasteiger partial charge in [0.05, 0.1) is 16.7 Å². The Labute approximate surface area is 203 Å². The number of hydrogen-bond donors (Lipinski definition) is 2. The van der Waals surface area contributed by atoms with Crippen LogP contribution < -0.4 is 5.32 Å². The van der Waals surface area contributed by atoms with Crippen molar-refractivity contribution in [2.45, 2.75) is 52.1 Å². The molecule has 2 aromatic heterocycles. The fourth-order valence-electron chi connectivity index (χ4n) is 5.98. The second kappa shape index (κ2) is 9.31. The average molecular weight is 488 g/mol. The zero-order valence-electron chi connectivity index (χ0n) is 19.7. The third-order valence-electron chi connectivity index (χ3n) is 7.70. The predicted molar refractivity (Wildman–Crippen MR) is 134 cm³/mol. The first-order valence-electron chi connectivity index (χ1n) is 11.5. The van der Waals surface area contributed by atoms with E-state index in [1.807, 2.05) is 18.4 Å². The van der Waals surface area contributed by atoms with E-state index in [0.717, 1.165) is 25.0 Å². The Morgan fingerprint density at radius 3 is 2.91 bits per heavy atom. The van der Waals surface area contributed by atoms with Crippen LogP contribution in [-0.2, 0) is 11.2 Å². The molecule has 6 nitrogen and oxygen atoms in total. The van der Waals surface area contributed by atoms with E-state index in [2.05, 4.69) is 25.7 Å². The van der Waals surface area contributed by atoms with Crippen LogP contribution in [0.2, 0.25) is 0 Å². The fraction of sp³-hybridized carbons (Fsp3) is 0.560. The van der Waals surface area contributed by atoms with Gasteiger partial charge >= 0.3 is 0 Å². The minimum absolute atomic E-state index is 0.0201. The van der Waals surface area contributed by atoms with Crippen molar-refractivity contribution in [2.75, 3.05) is 18.9 Å². The Morgan fingerprint density at radius 1 is 1.48 bits per heavy atom. The van der Waals surface area contributed by atoms with Crippen molar-refractivity contribution in [3.05, 3.63) is 45.6 Å². The van der Waals surface area contributed by atoms with Gasteiger partial charge in [0.2, 0.25) is 5.91 Å². The summed E-state index contributed by atoms with van der Waals surface area (Å²) in [4.78, 5) is 33.8. The minimum atomic E-state index is -0.575. The summed E-state index contributed by atoms with van der Waals surface area (Å²) >= 11 is 2.96.